The Morgan fingerprint density at radius 2 is 1.84 bits per heavy atom. The van der Waals surface area contributed by atoms with Crippen molar-refractivity contribution in [2.45, 2.75) is 6.54 Å². The number of nitrogens with two attached hydrogens (primary N) is 1. The van der Waals surface area contributed by atoms with Gasteiger partial charge in [0.1, 0.15) is 0 Å². The smallest absolute Gasteiger partial charge is 0.0706 e. The van der Waals surface area contributed by atoms with E-state index < -0.39 is 0 Å². The van der Waals surface area contributed by atoms with E-state index in [1.54, 1.807) is 0 Å². The zero-order chi connectivity index (χ0) is 13.2. The second-order valence-corrected chi connectivity index (χ2v) is 4.80. The highest BCUT2D eigenvalue weighted by atomic mass is 35.5. The molecule has 3 rings (SSSR count). The van der Waals surface area contributed by atoms with E-state index in [9.17, 15) is 0 Å². The summed E-state index contributed by atoms with van der Waals surface area (Å²) in [5.41, 5.74) is 9.59. The summed E-state index contributed by atoms with van der Waals surface area (Å²) in [6.07, 6.45) is 0. The molecular formula is C16H13ClN2. The van der Waals surface area contributed by atoms with Crippen molar-refractivity contribution in [2.75, 3.05) is 0 Å². The van der Waals surface area contributed by atoms with Crippen LogP contribution in [0.5, 0.6) is 0 Å². The molecule has 0 aliphatic rings. The van der Waals surface area contributed by atoms with Crippen LogP contribution in [0.4, 0.5) is 0 Å². The number of rotatable bonds is 2. The van der Waals surface area contributed by atoms with E-state index in [4.69, 9.17) is 17.3 Å². The summed E-state index contributed by atoms with van der Waals surface area (Å²) in [6, 6.07) is 18.0. The van der Waals surface area contributed by atoms with E-state index in [1.807, 2.05) is 48.5 Å². The Morgan fingerprint density at radius 3 is 2.63 bits per heavy atom. The highest BCUT2D eigenvalue weighted by Gasteiger charge is 2.04. The van der Waals surface area contributed by atoms with Crippen molar-refractivity contribution in [3.8, 4) is 11.1 Å². The van der Waals surface area contributed by atoms with Crippen LogP contribution in [-0.2, 0) is 6.54 Å². The summed E-state index contributed by atoms with van der Waals surface area (Å²) < 4.78 is 0. The first-order valence-electron chi connectivity index (χ1n) is 6.12. The standard InChI is InChI=1S/C16H13ClN2/c17-15-4-2-1-3-14(15)11-6-8-16-12(9-11)5-7-13(10-18)19-16/h1-9H,10,18H2. The van der Waals surface area contributed by atoms with Crippen LogP contribution >= 0.6 is 11.6 Å². The van der Waals surface area contributed by atoms with Gasteiger partial charge in [0.2, 0.25) is 0 Å². The fraction of sp³-hybridized carbons (Fsp3) is 0.0625. The molecule has 0 spiro atoms. The molecule has 0 saturated carbocycles. The fourth-order valence-electron chi connectivity index (χ4n) is 2.14. The zero-order valence-corrected chi connectivity index (χ0v) is 11.1. The van der Waals surface area contributed by atoms with Gasteiger partial charge in [-0.2, -0.15) is 0 Å². The maximum absolute atomic E-state index is 6.23. The van der Waals surface area contributed by atoms with Crippen molar-refractivity contribution in [1.82, 2.24) is 4.98 Å². The Bertz CT molecular complexity index is 738. The molecular weight excluding hydrogens is 256 g/mol. The van der Waals surface area contributed by atoms with Crippen molar-refractivity contribution >= 4 is 22.5 Å². The first kappa shape index (κ1) is 12.2. The number of pyridine rings is 1. The van der Waals surface area contributed by atoms with Crippen LogP contribution in [-0.4, -0.2) is 4.98 Å². The molecule has 0 unspecified atom stereocenters. The minimum atomic E-state index is 0.461. The minimum absolute atomic E-state index is 0.461. The van der Waals surface area contributed by atoms with E-state index in [0.717, 1.165) is 32.7 Å². The summed E-state index contributed by atoms with van der Waals surface area (Å²) in [7, 11) is 0. The number of nitrogens with zero attached hydrogens (tertiary/aromatic N) is 1. The molecule has 0 aliphatic heterocycles. The van der Waals surface area contributed by atoms with E-state index in [0.29, 0.717) is 6.54 Å². The number of fused-ring (bicyclic) bond motifs is 1. The van der Waals surface area contributed by atoms with E-state index in [2.05, 4.69) is 11.1 Å². The fourth-order valence-corrected chi connectivity index (χ4v) is 2.39. The van der Waals surface area contributed by atoms with Crippen molar-refractivity contribution < 1.29 is 0 Å². The Morgan fingerprint density at radius 1 is 1.00 bits per heavy atom. The molecule has 0 bridgehead atoms. The Hall–Kier alpha value is -1.90. The summed E-state index contributed by atoms with van der Waals surface area (Å²) in [5.74, 6) is 0. The lowest BCUT2D eigenvalue weighted by atomic mass is 10.0. The molecule has 0 radical (unpaired) electrons. The third-order valence-electron chi connectivity index (χ3n) is 3.14. The second-order valence-electron chi connectivity index (χ2n) is 4.39. The maximum Gasteiger partial charge on any atom is 0.0706 e. The summed E-state index contributed by atoms with van der Waals surface area (Å²) >= 11 is 6.23. The van der Waals surface area contributed by atoms with Crippen molar-refractivity contribution in [3.05, 3.63) is 65.3 Å². The zero-order valence-electron chi connectivity index (χ0n) is 10.3. The molecule has 0 amide bonds. The molecule has 0 atom stereocenters. The van der Waals surface area contributed by atoms with Gasteiger partial charge >= 0.3 is 0 Å². The van der Waals surface area contributed by atoms with Crippen LogP contribution in [0.15, 0.2) is 54.6 Å². The Balaban J connectivity index is 2.15. The molecule has 3 aromatic rings. The SMILES string of the molecule is NCc1ccc2cc(-c3ccccc3Cl)ccc2n1. The Labute approximate surface area is 116 Å². The van der Waals surface area contributed by atoms with Gasteiger partial charge in [0, 0.05) is 22.5 Å². The Kier molecular flexibility index (Phi) is 3.20. The molecule has 1 heterocycles. The molecule has 0 fully saturated rings. The average molecular weight is 269 g/mol. The topological polar surface area (TPSA) is 38.9 Å². The summed E-state index contributed by atoms with van der Waals surface area (Å²) in [6.45, 7) is 0.461. The van der Waals surface area contributed by atoms with Crippen LogP contribution in [0.2, 0.25) is 5.02 Å². The van der Waals surface area contributed by atoms with Gasteiger partial charge < -0.3 is 5.73 Å². The van der Waals surface area contributed by atoms with Crippen molar-refractivity contribution in [3.63, 3.8) is 0 Å². The van der Waals surface area contributed by atoms with Crippen LogP contribution < -0.4 is 5.73 Å². The lowest BCUT2D eigenvalue weighted by Crippen LogP contribution is -1.99. The number of benzene rings is 2. The van der Waals surface area contributed by atoms with Crippen LogP contribution in [0, 0.1) is 0 Å². The predicted octanol–water partition coefficient (Wildman–Crippen LogP) is 4.01. The van der Waals surface area contributed by atoms with Gasteiger partial charge in [0.05, 0.1) is 11.2 Å². The molecule has 94 valence electrons. The van der Waals surface area contributed by atoms with Crippen molar-refractivity contribution in [1.29, 1.82) is 0 Å². The van der Waals surface area contributed by atoms with Crippen LogP contribution in [0.25, 0.3) is 22.0 Å². The molecule has 2 aromatic carbocycles. The van der Waals surface area contributed by atoms with Crippen LogP contribution in [0.1, 0.15) is 5.69 Å². The molecule has 0 saturated heterocycles. The highest BCUT2D eigenvalue weighted by Crippen LogP contribution is 2.29. The maximum atomic E-state index is 6.23. The lowest BCUT2D eigenvalue weighted by Gasteiger charge is -2.06. The van der Waals surface area contributed by atoms with E-state index in [-0.39, 0.29) is 0 Å². The molecule has 1 aromatic heterocycles. The quantitative estimate of drug-likeness (QED) is 0.763. The van der Waals surface area contributed by atoms with Gasteiger partial charge in [-0.25, -0.2) is 0 Å². The van der Waals surface area contributed by atoms with E-state index >= 15 is 0 Å². The van der Waals surface area contributed by atoms with Gasteiger partial charge in [-0.1, -0.05) is 41.9 Å². The summed E-state index contributed by atoms with van der Waals surface area (Å²) in [4.78, 5) is 4.49. The average Bonchev–Trinajstić information content (AvgIpc) is 2.46. The third-order valence-corrected chi connectivity index (χ3v) is 3.47. The van der Waals surface area contributed by atoms with Gasteiger partial charge in [-0.15, -0.1) is 0 Å². The van der Waals surface area contributed by atoms with E-state index in [1.165, 1.54) is 0 Å². The largest absolute Gasteiger partial charge is 0.325 e. The first-order chi connectivity index (χ1) is 9.28. The number of hydrogen-bond donors (Lipinski definition) is 1. The number of aromatic nitrogens is 1. The summed E-state index contributed by atoms with van der Waals surface area (Å²) in [5, 5.41) is 1.85. The lowest BCUT2D eigenvalue weighted by molar-refractivity contribution is 1.01. The predicted molar refractivity (Wildman–Crippen MR) is 80.1 cm³/mol. The molecule has 3 heteroatoms. The van der Waals surface area contributed by atoms with Gasteiger partial charge in [-0.3, -0.25) is 4.98 Å². The minimum Gasteiger partial charge on any atom is -0.325 e. The normalized spacial score (nSPS) is 10.8. The monoisotopic (exact) mass is 268 g/mol. The number of halogens is 1. The molecule has 19 heavy (non-hydrogen) atoms. The van der Waals surface area contributed by atoms with Gasteiger partial charge in [0.25, 0.3) is 0 Å². The van der Waals surface area contributed by atoms with Gasteiger partial charge in [-0.05, 0) is 29.8 Å². The molecule has 0 aliphatic carbocycles. The van der Waals surface area contributed by atoms with Crippen LogP contribution in [0.3, 0.4) is 0 Å². The second kappa shape index (κ2) is 5.00. The van der Waals surface area contributed by atoms with Gasteiger partial charge in [0.15, 0.2) is 0 Å². The number of hydrogen-bond acceptors (Lipinski definition) is 2. The molecule has 2 nitrogen and oxygen atoms in total. The third kappa shape index (κ3) is 2.33. The molecule has 2 N–H and O–H groups in total. The first-order valence-corrected chi connectivity index (χ1v) is 6.50. The highest BCUT2D eigenvalue weighted by molar-refractivity contribution is 6.33. The van der Waals surface area contributed by atoms with Crippen molar-refractivity contribution in [2.24, 2.45) is 5.73 Å².